The third-order valence-electron chi connectivity index (χ3n) is 5.00. The van der Waals surface area contributed by atoms with E-state index < -0.39 is 0 Å². The Morgan fingerprint density at radius 1 is 1.30 bits per heavy atom. The minimum absolute atomic E-state index is 0.161. The van der Waals surface area contributed by atoms with Gasteiger partial charge in [-0.15, -0.1) is 0 Å². The van der Waals surface area contributed by atoms with Crippen LogP contribution in [-0.2, 0) is 4.79 Å². The van der Waals surface area contributed by atoms with Gasteiger partial charge in [-0.05, 0) is 33.0 Å². The molecule has 0 saturated carbocycles. The Balaban J connectivity index is 1.61. The van der Waals surface area contributed by atoms with Gasteiger partial charge >= 0.3 is 0 Å². The summed E-state index contributed by atoms with van der Waals surface area (Å²) in [4.78, 5) is 43.2. The summed E-state index contributed by atoms with van der Waals surface area (Å²) < 4.78 is 0. The molecule has 27 heavy (non-hydrogen) atoms. The number of aromatic nitrogens is 1. The Morgan fingerprint density at radius 3 is 2.85 bits per heavy atom. The Kier molecular flexibility index (Phi) is 5.91. The quantitative estimate of drug-likeness (QED) is 0.767. The predicted molar refractivity (Wildman–Crippen MR) is 105 cm³/mol. The van der Waals surface area contributed by atoms with E-state index in [0.717, 1.165) is 18.4 Å². The first-order valence-electron chi connectivity index (χ1n) is 9.30. The van der Waals surface area contributed by atoms with Crippen molar-refractivity contribution in [2.45, 2.75) is 25.3 Å². The fraction of sp³-hybridized carbons (Fsp3) is 0.450. The highest BCUT2D eigenvalue weighted by molar-refractivity contribution is 6.05. The Bertz CT molecular complexity index is 890. The lowest BCUT2D eigenvalue weighted by molar-refractivity contribution is -0.129. The van der Waals surface area contributed by atoms with Crippen molar-refractivity contribution >= 4 is 22.7 Å². The third-order valence-corrected chi connectivity index (χ3v) is 5.00. The number of hydrogen-bond acceptors (Lipinski definition) is 4. The van der Waals surface area contributed by atoms with Crippen LogP contribution in [0, 0.1) is 0 Å². The van der Waals surface area contributed by atoms with Crippen molar-refractivity contribution in [2.75, 3.05) is 33.7 Å². The number of H-pyrrole nitrogens is 1. The van der Waals surface area contributed by atoms with Gasteiger partial charge in [0.15, 0.2) is 0 Å². The van der Waals surface area contributed by atoms with E-state index in [1.807, 2.05) is 37.2 Å². The van der Waals surface area contributed by atoms with Gasteiger partial charge in [-0.3, -0.25) is 14.4 Å². The molecule has 3 rings (SSSR count). The number of likely N-dealkylation sites (N-methyl/N-ethyl adjacent to an activating group) is 1. The van der Waals surface area contributed by atoms with Crippen molar-refractivity contribution in [3.05, 3.63) is 46.2 Å². The molecule has 7 nitrogen and oxygen atoms in total. The fourth-order valence-electron chi connectivity index (χ4n) is 3.55. The predicted octanol–water partition coefficient (Wildman–Crippen LogP) is 1.20. The zero-order chi connectivity index (χ0) is 19.4. The largest absolute Gasteiger partial charge is 0.352 e. The minimum Gasteiger partial charge on any atom is -0.352 e. The maximum absolute atomic E-state index is 12.6. The summed E-state index contributed by atoms with van der Waals surface area (Å²) in [6.45, 7) is 2.01. The first-order chi connectivity index (χ1) is 13.0. The molecule has 1 atom stereocenters. The van der Waals surface area contributed by atoms with Crippen LogP contribution in [0.3, 0.4) is 0 Å². The lowest BCUT2D eigenvalue weighted by Gasteiger charge is -2.26. The van der Waals surface area contributed by atoms with Crippen LogP contribution in [0.15, 0.2) is 35.1 Å². The fourth-order valence-corrected chi connectivity index (χ4v) is 3.55. The van der Waals surface area contributed by atoms with Gasteiger partial charge in [-0.1, -0.05) is 18.2 Å². The van der Waals surface area contributed by atoms with Crippen LogP contribution in [-0.4, -0.2) is 66.4 Å². The van der Waals surface area contributed by atoms with Crippen LogP contribution in [0.25, 0.3) is 10.9 Å². The number of hydrogen-bond donors (Lipinski definition) is 2. The summed E-state index contributed by atoms with van der Waals surface area (Å²) in [5.74, 6) is -0.0739. The number of benzene rings is 1. The topological polar surface area (TPSA) is 85.5 Å². The monoisotopic (exact) mass is 370 g/mol. The molecule has 1 fully saturated rings. The summed E-state index contributed by atoms with van der Waals surface area (Å²) in [5, 5.41) is 3.63. The molecule has 0 spiro atoms. The lowest BCUT2D eigenvalue weighted by Crippen LogP contribution is -2.40. The standard InChI is InChI=1S/C20H26N4O3/c1-23(2)11-12-24-14(7-8-19(24)26)9-10-21-20(27)16-13-18(25)22-17-6-4-3-5-15(16)17/h3-6,13-14H,7-12H2,1-2H3,(H,21,27)(H,22,25)/t14-/m1/s1. The Hall–Kier alpha value is -2.67. The molecule has 1 aromatic carbocycles. The van der Waals surface area contributed by atoms with Crippen LogP contribution in [0.2, 0.25) is 0 Å². The minimum atomic E-state index is -0.296. The summed E-state index contributed by atoms with van der Waals surface area (Å²) in [7, 11) is 3.98. The van der Waals surface area contributed by atoms with E-state index in [1.54, 1.807) is 6.07 Å². The summed E-state index contributed by atoms with van der Waals surface area (Å²) in [6.07, 6.45) is 2.12. The van der Waals surface area contributed by atoms with Gasteiger partial charge in [0.05, 0.1) is 5.56 Å². The lowest BCUT2D eigenvalue weighted by atomic mass is 10.1. The van der Waals surface area contributed by atoms with Crippen molar-refractivity contribution in [3.8, 4) is 0 Å². The molecule has 1 aromatic heterocycles. The van der Waals surface area contributed by atoms with Gasteiger partial charge in [-0.25, -0.2) is 0 Å². The van der Waals surface area contributed by atoms with E-state index in [1.165, 1.54) is 6.07 Å². The van der Waals surface area contributed by atoms with Gasteiger partial charge in [0.25, 0.3) is 5.91 Å². The van der Waals surface area contributed by atoms with Crippen molar-refractivity contribution in [1.82, 2.24) is 20.1 Å². The van der Waals surface area contributed by atoms with Gasteiger partial charge in [0.1, 0.15) is 0 Å². The van der Waals surface area contributed by atoms with Crippen LogP contribution in [0.1, 0.15) is 29.6 Å². The second-order valence-corrected chi connectivity index (χ2v) is 7.22. The average Bonchev–Trinajstić information content (AvgIpc) is 2.98. The molecule has 1 aliphatic rings. The molecule has 2 N–H and O–H groups in total. The molecule has 0 radical (unpaired) electrons. The number of carbonyl (C=O) groups excluding carboxylic acids is 2. The summed E-state index contributed by atoms with van der Waals surface area (Å²) >= 11 is 0. The average molecular weight is 370 g/mol. The number of para-hydroxylation sites is 1. The van der Waals surface area contributed by atoms with Crippen LogP contribution >= 0.6 is 0 Å². The van der Waals surface area contributed by atoms with Gasteiger partial charge < -0.3 is 20.1 Å². The van der Waals surface area contributed by atoms with E-state index in [0.29, 0.717) is 37.0 Å². The summed E-state index contributed by atoms with van der Waals surface area (Å²) in [6, 6.07) is 8.75. The smallest absolute Gasteiger partial charge is 0.252 e. The highest BCUT2D eigenvalue weighted by atomic mass is 16.2. The molecule has 2 aromatic rings. The van der Waals surface area contributed by atoms with E-state index >= 15 is 0 Å². The van der Waals surface area contributed by atoms with Gasteiger partial charge in [-0.2, -0.15) is 0 Å². The maximum Gasteiger partial charge on any atom is 0.252 e. The maximum atomic E-state index is 12.6. The van der Waals surface area contributed by atoms with Crippen molar-refractivity contribution in [3.63, 3.8) is 0 Å². The number of nitrogens with zero attached hydrogens (tertiary/aromatic N) is 2. The van der Waals surface area contributed by atoms with Crippen molar-refractivity contribution in [2.24, 2.45) is 0 Å². The molecule has 0 bridgehead atoms. The molecule has 0 unspecified atom stereocenters. The number of rotatable bonds is 7. The number of nitrogens with one attached hydrogen (secondary N) is 2. The van der Waals surface area contributed by atoms with Crippen molar-refractivity contribution in [1.29, 1.82) is 0 Å². The number of likely N-dealkylation sites (tertiary alicyclic amines) is 1. The molecule has 144 valence electrons. The molecular formula is C20H26N4O3. The number of amides is 2. The van der Waals surface area contributed by atoms with E-state index in [2.05, 4.69) is 15.2 Å². The normalized spacial score (nSPS) is 17.1. The van der Waals surface area contributed by atoms with E-state index in [9.17, 15) is 14.4 Å². The van der Waals surface area contributed by atoms with E-state index in [-0.39, 0.29) is 23.4 Å². The highest BCUT2D eigenvalue weighted by Gasteiger charge is 2.30. The molecule has 2 heterocycles. The summed E-state index contributed by atoms with van der Waals surface area (Å²) in [5.41, 5.74) is 0.725. The molecule has 1 saturated heterocycles. The van der Waals surface area contributed by atoms with Crippen molar-refractivity contribution < 1.29 is 9.59 Å². The number of carbonyl (C=O) groups is 2. The molecule has 7 heteroatoms. The number of pyridine rings is 1. The molecule has 0 aliphatic carbocycles. The second kappa shape index (κ2) is 8.35. The molecular weight excluding hydrogens is 344 g/mol. The van der Waals surface area contributed by atoms with Crippen LogP contribution in [0.5, 0.6) is 0 Å². The zero-order valence-electron chi connectivity index (χ0n) is 15.8. The zero-order valence-corrected chi connectivity index (χ0v) is 15.8. The third kappa shape index (κ3) is 4.54. The Labute approximate surface area is 158 Å². The highest BCUT2D eigenvalue weighted by Crippen LogP contribution is 2.21. The first-order valence-corrected chi connectivity index (χ1v) is 9.30. The van der Waals surface area contributed by atoms with Gasteiger partial charge in [0, 0.05) is 49.1 Å². The Morgan fingerprint density at radius 2 is 2.07 bits per heavy atom. The number of aromatic amines is 1. The van der Waals surface area contributed by atoms with Crippen LogP contribution in [0.4, 0.5) is 0 Å². The van der Waals surface area contributed by atoms with Crippen LogP contribution < -0.4 is 10.9 Å². The number of fused-ring (bicyclic) bond motifs is 1. The van der Waals surface area contributed by atoms with E-state index in [4.69, 9.17) is 0 Å². The first kappa shape index (κ1) is 19.1. The second-order valence-electron chi connectivity index (χ2n) is 7.22. The SMILES string of the molecule is CN(C)CCN1C(=O)CC[C@@H]1CCNC(=O)c1cc(=O)[nH]c2ccccc12. The van der Waals surface area contributed by atoms with Gasteiger partial charge in [0.2, 0.25) is 11.5 Å². The molecule has 2 amide bonds. The molecule has 1 aliphatic heterocycles.